The molecule has 0 aliphatic rings. The Morgan fingerprint density at radius 3 is 2.47 bits per heavy atom. The van der Waals surface area contributed by atoms with Crippen LogP contribution in [0.1, 0.15) is 16.7 Å². The second-order valence-electron chi connectivity index (χ2n) is 7.38. The molecule has 2 aromatic rings. The van der Waals surface area contributed by atoms with Gasteiger partial charge in [0.15, 0.2) is 0 Å². The van der Waals surface area contributed by atoms with E-state index in [0.717, 1.165) is 11.1 Å². The van der Waals surface area contributed by atoms with Gasteiger partial charge in [-0.25, -0.2) is 0 Å². The second kappa shape index (κ2) is 12.4. The smallest absolute Gasteiger partial charge is 0.426 e. The van der Waals surface area contributed by atoms with Crippen molar-refractivity contribution < 1.29 is 24.4 Å². The van der Waals surface area contributed by atoms with E-state index in [2.05, 4.69) is 5.32 Å². The molecule has 0 aliphatic carbocycles. The van der Waals surface area contributed by atoms with E-state index in [1.165, 1.54) is 11.0 Å². The lowest BCUT2D eigenvalue weighted by Crippen LogP contribution is -2.48. The summed E-state index contributed by atoms with van der Waals surface area (Å²) in [5.74, 6) is -1.72. The third-order valence-electron chi connectivity index (χ3n) is 4.53. The fraction of sp³-hybridized carbons (Fsp3) is 0.261. The molecule has 0 aliphatic heterocycles. The Hall–Kier alpha value is -3.45. The third kappa shape index (κ3) is 8.00. The summed E-state index contributed by atoms with van der Waals surface area (Å²) in [6, 6.07) is 18.2. The highest BCUT2D eigenvalue weighted by Gasteiger charge is 2.25. The average Bonchev–Trinajstić information content (AvgIpc) is 2.77. The topological polar surface area (TPSA) is 123 Å². The number of rotatable bonds is 10. The van der Waals surface area contributed by atoms with Gasteiger partial charge in [-0.3, -0.25) is 9.59 Å². The summed E-state index contributed by atoms with van der Waals surface area (Å²) >= 11 is 0. The Morgan fingerprint density at radius 1 is 1.16 bits per heavy atom. The zero-order valence-corrected chi connectivity index (χ0v) is 18.1. The lowest BCUT2D eigenvalue weighted by molar-refractivity contribution is -0.126. The summed E-state index contributed by atoms with van der Waals surface area (Å²) in [6.45, 7) is -0.135. The van der Waals surface area contributed by atoms with E-state index in [1.54, 1.807) is 38.4 Å². The Morgan fingerprint density at radius 2 is 1.84 bits per heavy atom. The molecule has 0 fully saturated rings. The molecule has 9 heteroatoms. The van der Waals surface area contributed by atoms with Gasteiger partial charge in [0.05, 0.1) is 12.5 Å². The van der Waals surface area contributed by atoms with Crippen molar-refractivity contribution in [2.75, 3.05) is 20.7 Å². The number of nitrogens with zero attached hydrogens (tertiary/aromatic N) is 2. The van der Waals surface area contributed by atoms with E-state index < -0.39 is 19.0 Å². The molecule has 0 aromatic heterocycles. The Bertz CT molecular complexity index is 987. The number of hydrogen-bond donors (Lipinski definition) is 3. The van der Waals surface area contributed by atoms with Crippen molar-refractivity contribution in [1.82, 2.24) is 10.2 Å². The fourth-order valence-corrected chi connectivity index (χ4v) is 2.93. The highest BCUT2D eigenvalue weighted by Crippen LogP contribution is 2.12. The number of amides is 2. The van der Waals surface area contributed by atoms with Crippen LogP contribution in [0, 0.1) is 11.3 Å². The van der Waals surface area contributed by atoms with Crippen molar-refractivity contribution >= 4 is 25.0 Å². The number of benzene rings is 2. The number of ether oxygens (including phenoxy) is 1. The maximum absolute atomic E-state index is 12.2. The molecule has 3 N–H and O–H groups in total. The van der Waals surface area contributed by atoms with Gasteiger partial charge in [-0.15, -0.1) is 0 Å². The largest absolute Gasteiger partial charge is 0.475 e. The van der Waals surface area contributed by atoms with Crippen LogP contribution in [-0.4, -0.2) is 60.5 Å². The molecule has 0 heterocycles. The minimum absolute atomic E-state index is 0.0134. The van der Waals surface area contributed by atoms with Crippen LogP contribution < -0.4 is 5.32 Å². The van der Waals surface area contributed by atoms with Gasteiger partial charge in [-0.1, -0.05) is 48.5 Å². The number of carbonyl (C=O) groups excluding carboxylic acids is 2. The van der Waals surface area contributed by atoms with Gasteiger partial charge in [0.1, 0.15) is 18.2 Å². The summed E-state index contributed by atoms with van der Waals surface area (Å²) in [6.07, 6.45) is 1.76. The SMILES string of the molecule is CN(C)C(=O)C(C#N)=Cc1cccc(COCC(=O)NC(Cc2ccccc2)B(O)O)c1. The number of hydrogen-bond acceptors (Lipinski definition) is 6. The van der Waals surface area contributed by atoms with Crippen LogP contribution in [0.3, 0.4) is 0 Å². The molecule has 0 bridgehead atoms. The number of likely N-dealkylation sites (N-methyl/N-ethyl adjacent to an activating group) is 1. The first-order chi connectivity index (χ1) is 15.3. The molecule has 2 amide bonds. The zero-order chi connectivity index (χ0) is 23.5. The first-order valence-corrected chi connectivity index (χ1v) is 9.99. The first-order valence-electron chi connectivity index (χ1n) is 9.99. The maximum Gasteiger partial charge on any atom is 0.475 e. The predicted octanol–water partition coefficient (Wildman–Crippen LogP) is 0.938. The molecule has 2 rings (SSSR count). The highest BCUT2D eigenvalue weighted by atomic mass is 16.5. The van der Waals surface area contributed by atoms with Crippen molar-refractivity contribution in [2.45, 2.75) is 19.0 Å². The van der Waals surface area contributed by atoms with Crippen molar-refractivity contribution in [2.24, 2.45) is 0 Å². The Balaban J connectivity index is 1.91. The molecule has 2 aromatic carbocycles. The monoisotopic (exact) mass is 435 g/mol. The Kier molecular flexibility index (Phi) is 9.63. The third-order valence-corrected chi connectivity index (χ3v) is 4.53. The predicted molar refractivity (Wildman–Crippen MR) is 121 cm³/mol. The number of nitrogens with one attached hydrogen (secondary N) is 1. The molecule has 1 atom stereocenters. The maximum atomic E-state index is 12.2. The zero-order valence-electron chi connectivity index (χ0n) is 18.1. The number of carbonyl (C=O) groups is 2. The molecule has 0 spiro atoms. The van der Waals surface area contributed by atoms with Crippen molar-refractivity contribution in [1.29, 1.82) is 5.26 Å². The lowest BCUT2D eigenvalue weighted by atomic mass is 9.76. The van der Waals surface area contributed by atoms with Gasteiger partial charge in [0.2, 0.25) is 5.91 Å². The molecular weight excluding hydrogens is 409 g/mol. The van der Waals surface area contributed by atoms with Gasteiger partial charge < -0.3 is 25.0 Å². The molecule has 8 nitrogen and oxygen atoms in total. The lowest BCUT2D eigenvalue weighted by Gasteiger charge is -2.18. The molecule has 166 valence electrons. The minimum atomic E-state index is -1.71. The van der Waals surface area contributed by atoms with Crippen molar-refractivity contribution in [3.63, 3.8) is 0 Å². The highest BCUT2D eigenvalue weighted by molar-refractivity contribution is 6.43. The molecular formula is C23H26BN3O5. The normalized spacial score (nSPS) is 11.9. The van der Waals surface area contributed by atoms with Crippen molar-refractivity contribution in [3.05, 3.63) is 76.9 Å². The van der Waals surface area contributed by atoms with Gasteiger partial charge in [-0.2, -0.15) is 5.26 Å². The summed E-state index contributed by atoms with van der Waals surface area (Å²) in [7, 11) is 1.44. The van der Waals surface area contributed by atoms with E-state index in [9.17, 15) is 24.9 Å². The molecule has 1 unspecified atom stereocenters. The van der Waals surface area contributed by atoms with Gasteiger partial charge >= 0.3 is 7.12 Å². The molecule has 0 saturated carbocycles. The van der Waals surface area contributed by atoms with Crippen LogP contribution in [0.4, 0.5) is 0 Å². The van der Waals surface area contributed by atoms with Crippen LogP contribution in [0.25, 0.3) is 6.08 Å². The summed E-state index contributed by atoms with van der Waals surface area (Å²) in [4.78, 5) is 25.5. The van der Waals surface area contributed by atoms with Crippen LogP contribution in [-0.2, 0) is 27.4 Å². The van der Waals surface area contributed by atoms with Crippen molar-refractivity contribution in [3.8, 4) is 6.07 Å². The van der Waals surface area contributed by atoms with E-state index in [0.29, 0.717) is 5.56 Å². The van der Waals surface area contributed by atoms with E-state index in [4.69, 9.17) is 4.74 Å². The van der Waals surface area contributed by atoms with E-state index in [-0.39, 0.29) is 31.1 Å². The van der Waals surface area contributed by atoms with Crippen LogP contribution >= 0.6 is 0 Å². The fourth-order valence-electron chi connectivity index (χ4n) is 2.93. The molecule has 0 saturated heterocycles. The minimum Gasteiger partial charge on any atom is -0.426 e. The molecule has 32 heavy (non-hydrogen) atoms. The standard InChI is InChI=1S/C23H26BN3O5/c1-27(2)23(29)20(14-25)12-18-9-6-10-19(11-18)15-32-16-22(28)26-21(24(30)31)13-17-7-4-3-5-8-17/h3-12,21,30-31H,13,15-16H2,1-2H3,(H,26,28). The number of nitriles is 1. The van der Waals surface area contributed by atoms with Gasteiger partial charge in [0, 0.05) is 14.1 Å². The van der Waals surface area contributed by atoms with Crippen LogP contribution in [0.15, 0.2) is 60.2 Å². The van der Waals surface area contributed by atoms with E-state index >= 15 is 0 Å². The van der Waals surface area contributed by atoms with Gasteiger partial charge in [-0.05, 0) is 35.3 Å². The van der Waals surface area contributed by atoms with Crippen LogP contribution in [0.5, 0.6) is 0 Å². The average molecular weight is 435 g/mol. The summed E-state index contributed by atoms with van der Waals surface area (Å²) in [5, 5.41) is 30.9. The second-order valence-corrected chi connectivity index (χ2v) is 7.38. The van der Waals surface area contributed by atoms with Crippen LogP contribution in [0.2, 0.25) is 0 Å². The van der Waals surface area contributed by atoms with E-state index in [1.807, 2.05) is 36.4 Å². The summed E-state index contributed by atoms with van der Waals surface area (Å²) in [5.41, 5.74) is 2.29. The quantitative estimate of drug-likeness (QED) is 0.290. The Labute approximate surface area is 187 Å². The van der Waals surface area contributed by atoms with Gasteiger partial charge in [0.25, 0.3) is 5.91 Å². The molecule has 0 radical (unpaired) electrons. The first kappa shape index (κ1) is 24.8. The summed E-state index contributed by atoms with van der Waals surface area (Å²) < 4.78 is 5.45.